The molecule has 0 saturated heterocycles. The molecule has 0 radical (unpaired) electrons. The molecule has 0 heterocycles. The highest BCUT2D eigenvalue weighted by atomic mass is 16.5. The summed E-state index contributed by atoms with van der Waals surface area (Å²) < 4.78 is 15.4. The van der Waals surface area contributed by atoms with E-state index in [1.165, 1.54) is 19.3 Å². The highest BCUT2D eigenvalue weighted by Gasteiger charge is 2.35. The summed E-state index contributed by atoms with van der Waals surface area (Å²) in [5.74, 6) is 1.58. The van der Waals surface area contributed by atoms with E-state index in [4.69, 9.17) is 14.2 Å². The highest BCUT2D eigenvalue weighted by Crippen LogP contribution is 2.39. The molecule has 8 unspecified atom stereocenters. The molecule has 0 amide bonds. The minimum absolute atomic E-state index is 0.00684. The van der Waals surface area contributed by atoms with Crippen molar-refractivity contribution in [3.05, 3.63) is 0 Å². The van der Waals surface area contributed by atoms with Crippen molar-refractivity contribution >= 4 is 17.9 Å². The fraction of sp³-hybridized carbons (Fsp3) is 0.897. The van der Waals surface area contributed by atoms with Gasteiger partial charge in [-0.2, -0.15) is 0 Å². The van der Waals surface area contributed by atoms with E-state index in [1.54, 1.807) is 13.8 Å². The predicted molar refractivity (Wildman–Crippen MR) is 144 cm³/mol. The Morgan fingerprint density at radius 1 is 0.730 bits per heavy atom. The fourth-order valence-electron chi connectivity index (χ4n) is 6.40. The van der Waals surface area contributed by atoms with E-state index in [9.17, 15) is 14.4 Å². The van der Waals surface area contributed by atoms with Gasteiger partial charge >= 0.3 is 17.9 Å². The molecule has 2 saturated carbocycles. The normalized spacial score (nSPS) is 29.7. The summed E-state index contributed by atoms with van der Waals surface area (Å²) in [5, 5.41) is 7.11. The number of rotatable bonds is 14. The van der Waals surface area contributed by atoms with E-state index >= 15 is 0 Å². The first-order valence-corrected chi connectivity index (χ1v) is 14.7. The number of ether oxygens (including phenoxy) is 3. The van der Waals surface area contributed by atoms with Gasteiger partial charge in [0.25, 0.3) is 0 Å². The van der Waals surface area contributed by atoms with Crippen LogP contribution in [-0.2, 0) is 28.6 Å². The van der Waals surface area contributed by atoms with Crippen LogP contribution in [0.4, 0.5) is 0 Å². The second-order valence-corrected chi connectivity index (χ2v) is 11.3. The minimum Gasteiger partial charge on any atom is -0.466 e. The Hall–Kier alpha value is -1.67. The van der Waals surface area contributed by atoms with Crippen molar-refractivity contribution in [1.82, 2.24) is 10.6 Å². The van der Waals surface area contributed by atoms with Crippen molar-refractivity contribution in [2.45, 2.75) is 123 Å². The Morgan fingerprint density at radius 2 is 1.22 bits per heavy atom. The van der Waals surface area contributed by atoms with Crippen LogP contribution in [0, 0.1) is 23.7 Å². The summed E-state index contributed by atoms with van der Waals surface area (Å²) in [6.07, 6.45) is 8.57. The highest BCUT2D eigenvalue weighted by molar-refractivity contribution is 5.82. The van der Waals surface area contributed by atoms with Crippen LogP contribution < -0.4 is 10.6 Å². The lowest BCUT2D eigenvalue weighted by atomic mass is 9.70. The largest absolute Gasteiger partial charge is 0.466 e. The quantitative estimate of drug-likeness (QED) is 0.255. The summed E-state index contributed by atoms with van der Waals surface area (Å²) in [6.45, 7) is 13.1. The fourth-order valence-corrected chi connectivity index (χ4v) is 6.40. The van der Waals surface area contributed by atoms with E-state index < -0.39 is 6.04 Å². The summed E-state index contributed by atoms with van der Waals surface area (Å²) in [6, 6.07) is 0.130. The lowest BCUT2D eigenvalue weighted by molar-refractivity contribution is -0.152. The number of hydrogen-bond donors (Lipinski definition) is 2. The number of hydrogen-bond acceptors (Lipinski definition) is 8. The van der Waals surface area contributed by atoms with Crippen molar-refractivity contribution in [3.8, 4) is 0 Å². The number of carbonyl (C=O) groups is 3. The van der Waals surface area contributed by atoms with Gasteiger partial charge in [-0.1, -0.05) is 13.8 Å². The van der Waals surface area contributed by atoms with Crippen LogP contribution in [0.2, 0.25) is 0 Å². The Bertz CT molecular complexity index is 717. The third kappa shape index (κ3) is 10.9. The van der Waals surface area contributed by atoms with Crippen LogP contribution in [0.5, 0.6) is 0 Å². The first kappa shape index (κ1) is 31.5. The van der Waals surface area contributed by atoms with E-state index in [1.807, 2.05) is 6.92 Å². The topological polar surface area (TPSA) is 103 Å². The molecule has 8 nitrogen and oxygen atoms in total. The third-order valence-electron chi connectivity index (χ3n) is 8.16. The van der Waals surface area contributed by atoms with Gasteiger partial charge in [-0.3, -0.25) is 14.4 Å². The van der Waals surface area contributed by atoms with E-state index in [0.717, 1.165) is 31.6 Å². The molecule has 0 aliphatic heterocycles. The monoisotopic (exact) mass is 524 g/mol. The average Bonchev–Trinajstić information content (AvgIpc) is 2.82. The molecule has 2 N–H and O–H groups in total. The molecule has 2 fully saturated rings. The maximum Gasteiger partial charge on any atom is 0.323 e. The summed E-state index contributed by atoms with van der Waals surface area (Å²) >= 11 is 0. The molecule has 37 heavy (non-hydrogen) atoms. The van der Waals surface area contributed by atoms with Gasteiger partial charge in [0.05, 0.1) is 32.7 Å². The minimum atomic E-state index is -0.655. The van der Waals surface area contributed by atoms with Gasteiger partial charge in [0.1, 0.15) is 6.04 Å². The third-order valence-corrected chi connectivity index (χ3v) is 8.16. The molecule has 8 atom stereocenters. The number of nitrogens with one attached hydrogen (secondary N) is 2. The van der Waals surface area contributed by atoms with Gasteiger partial charge < -0.3 is 24.8 Å². The van der Waals surface area contributed by atoms with Crippen molar-refractivity contribution in [3.63, 3.8) is 0 Å². The lowest BCUT2D eigenvalue weighted by Crippen LogP contribution is -2.50. The second kappa shape index (κ2) is 16.3. The molecule has 0 spiro atoms. The maximum absolute atomic E-state index is 12.5. The van der Waals surface area contributed by atoms with Gasteiger partial charge in [0.15, 0.2) is 0 Å². The average molecular weight is 525 g/mol. The first-order valence-electron chi connectivity index (χ1n) is 14.7. The molecule has 2 aliphatic carbocycles. The second-order valence-electron chi connectivity index (χ2n) is 11.3. The molecule has 2 rings (SSSR count). The first-order chi connectivity index (χ1) is 17.7. The zero-order valence-corrected chi connectivity index (χ0v) is 24.1. The summed E-state index contributed by atoms with van der Waals surface area (Å²) in [5.41, 5.74) is 0. The standard InChI is InChI=1S/C29H52N2O6/c1-7-35-27(32)16-21(6)30-24-12-10-22(14-19(24)4)17-23-11-13-25(20(5)15-23)31-26(29(34)37-9-3)18-28(33)36-8-2/h19-26,30-31H,7-18H2,1-6H3. The van der Waals surface area contributed by atoms with Gasteiger partial charge in [-0.15, -0.1) is 0 Å². The molecular weight excluding hydrogens is 472 g/mol. The van der Waals surface area contributed by atoms with Gasteiger partial charge in [-0.25, -0.2) is 0 Å². The van der Waals surface area contributed by atoms with Crippen LogP contribution in [-0.4, -0.2) is 61.9 Å². The summed E-state index contributed by atoms with van der Waals surface area (Å²) in [7, 11) is 0. The van der Waals surface area contributed by atoms with Crippen LogP contribution in [0.15, 0.2) is 0 Å². The van der Waals surface area contributed by atoms with Crippen LogP contribution in [0.3, 0.4) is 0 Å². The van der Waals surface area contributed by atoms with Crippen molar-refractivity contribution in [1.29, 1.82) is 0 Å². The van der Waals surface area contributed by atoms with Crippen molar-refractivity contribution in [2.75, 3.05) is 19.8 Å². The molecule has 2 aliphatic rings. The van der Waals surface area contributed by atoms with Crippen molar-refractivity contribution < 1.29 is 28.6 Å². The summed E-state index contributed by atoms with van der Waals surface area (Å²) in [4.78, 5) is 36.3. The van der Waals surface area contributed by atoms with Crippen molar-refractivity contribution in [2.24, 2.45) is 23.7 Å². The number of esters is 3. The smallest absolute Gasteiger partial charge is 0.323 e. The molecule has 214 valence electrons. The van der Waals surface area contributed by atoms with E-state index in [2.05, 4.69) is 31.4 Å². The van der Waals surface area contributed by atoms with Gasteiger partial charge in [0.2, 0.25) is 0 Å². The Morgan fingerprint density at radius 3 is 1.70 bits per heavy atom. The molecular formula is C29H52N2O6. The van der Waals surface area contributed by atoms with Crippen LogP contribution >= 0.6 is 0 Å². The zero-order chi connectivity index (χ0) is 27.4. The zero-order valence-electron chi connectivity index (χ0n) is 24.1. The number of carbonyl (C=O) groups excluding carboxylic acids is 3. The van der Waals surface area contributed by atoms with Gasteiger partial charge in [0, 0.05) is 18.1 Å². The molecule has 0 aromatic carbocycles. The Labute approximate surface area is 224 Å². The Kier molecular flexibility index (Phi) is 13.9. The Balaban J connectivity index is 1.80. The maximum atomic E-state index is 12.5. The van der Waals surface area contributed by atoms with E-state index in [-0.39, 0.29) is 36.4 Å². The van der Waals surface area contributed by atoms with Crippen LogP contribution in [0.25, 0.3) is 0 Å². The molecule has 0 bridgehead atoms. The molecule has 0 aromatic heterocycles. The van der Waals surface area contributed by atoms with Gasteiger partial charge in [-0.05, 0) is 96.3 Å². The predicted octanol–water partition coefficient (Wildman–Crippen LogP) is 4.39. The van der Waals surface area contributed by atoms with E-state index in [0.29, 0.717) is 50.0 Å². The molecule has 8 heteroatoms. The SMILES string of the molecule is CCOC(=O)CC(C)NC1CCC(CC2CCC(NC(CC(=O)OCC)C(=O)OCC)C(C)C2)CC1C. The molecule has 0 aromatic rings. The lowest BCUT2D eigenvalue weighted by Gasteiger charge is -2.40. The van der Waals surface area contributed by atoms with Crippen LogP contribution in [0.1, 0.15) is 99.3 Å².